The van der Waals surface area contributed by atoms with E-state index in [0.29, 0.717) is 49.2 Å². The molecule has 0 atom stereocenters. The number of nitrogens with one attached hydrogen (secondary N) is 1. The van der Waals surface area contributed by atoms with Crippen LogP contribution in [0.1, 0.15) is 10.4 Å². The van der Waals surface area contributed by atoms with Crippen LogP contribution in [0.3, 0.4) is 0 Å². The van der Waals surface area contributed by atoms with Crippen molar-refractivity contribution in [3.8, 4) is 11.3 Å². The molecule has 25 heavy (non-hydrogen) atoms. The lowest BCUT2D eigenvalue weighted by Crippen LogP contribution is -2.37. The van der Waals surface area contributed by atoms with E-state index in [1.165, 1.54) is 0 Å². The first-order valence-corrected chi connectivity index (χ1v) is 8.14. The van der Waals surface area contributed by atoms with Gasteiger partial charge in [-0.25, -0.2) is 9.97 Å². The third-order valence-corrected chi connectivity index (χ3v) is 3.91. The molecule has 1 amide bonds. The molecule has 1 saturated heterocycles. The highest BCUT2D eigenvalue weighted by molar-refractivity contribution is 5.95. The van der Waals surface area contributed by atoms with Crippen LogP contribution in [0.2, 0.25) is 0 Å². The molecule has 8 heteroatoms. The number of rotatable bonds is 5. The SMILES string of the molecule is Nc1ncc(-c2cccc(C(=O)NCCO)c2)nc1N1CCOCC1. The zero-order valence-corrected chi connectivity index (χ0v) is 13.8. The second-order valence-corrected chi connectivity index (χ2v) is 5.62. The van der Waals surface area contributed by atoms with Gasteiger partial charge in [0.25, 0.3) is 5.91 Å². The smallest absolute Gasteiger partial charge is 0.251 e. The van der Waals surface area contributed by atoms with E-state index in [4.69, 9.17) is 15.6 Å². The van der Waals surface area contributed by atoms with Crippen molar-refractivity contribution in [1.29, 1.82) is 0 Å². The largest absolute Gasteiger partial charge is 0.395 e. The Balaban J connectivity index is 1.87. The number of aliphatic hydroxyl groups excluding tert-OH is 1. The summed E-state index contributed by atoms with van der Waals surface area (Å²) < 4.78 is 5.36. The van der Waals surface area contributed by atoms with Crippen molar-refractivity contribution in [3.63, 3.8) is 0 Å². The fourth-order valence-electron chi connectivity index (χ4n) is 2.63. The van der Waals surface area contributed by atoms with E-state index in [0.717, 1.165) is 5.56 Å². The Bertz CT molecular complexity index is 747. The molecule has 132 valence electrons. The number of amides is 1. The lowest BCUT2D eigenvalue weighted by Gasteiger charge is -2.28. The minimum absolute atomic E-state index is 0.0994. The van der Waals surface area contributed by atoms with Crippen LogP contribution < -0.4 is 16.0 Å². The van der Waals surface area contributed by atoms with Gasteiger partial charge in [-0.15, -0.1) is 0 Å². The highest BCUT2D eigenvalue weighted by Gasteiger charge is 2.17. The number of morpholine rings is 1. The Labute approximate surface area is 145 Å². The second kappa shape index (κ2) is 7.91. The van der Waals surface area contributed by atoms with E-state index in [1.54, 1.807) is 24.4 Å². The molecule has 4 N–H and O–H groups in total. The first kappa shape index (κ1) is 17.1. The molecule has 1 aliphatic heterocycles. The molecule has 0 saturated carbocycles. The number of benzene rings is 1. The molecular formula is C17H21N5O3. The third kappa shape index (κ3) is 4.04. The van der Waals surface area contributed by atoms with Gasteiger partial charge in [0.1, 0.15) is 0 Å². The number of carbonyl (C=O) groups is 1. The Morgan fingerprint density at radius 3 is 2.92 bits per heavy atom. The zero-order chi connectivity index (χ0) is 17.6. The van der Waals surface area contributed by atoms with Crippen LogP contribution in [-0.2, 0) is 4.74 Å². The van der Waals surface area contributed by atoms with E-state index >= 15 is 0 Å². The molecule has 2 heterocycles. The molecule has 2 aromatic rings. The van der Waals surface area contributed by atoms with E-state index in [2.05, 4.69) is 15.3 Å². The van der Waals surface area contributed by atoms with Gasteiger partial charge in [-0.3, -0.25) is 4.79 Å². The number of hydrogen-bond acceptors (Lipinski definition) is 7. The summed E-state index contributed by atoms with van der Waals surface area (Å²) in [6, 6.07) is 7.11. The van der Waals surface area contributed by atoms with Crippen molar-refractivity contribution in [2.75, 3.05) is 50.1 Å². The normalized spacial score (nSPS) is 14.4. The van der Waals surface area contributed by atoms with E-state index in [9.17, 15) is 4.79 Å². The van der Waals surface area contributed by atoms with Gasteiger partial charge in [-0.1, -0.05) is 12.1 Å². The molecule has 1 fully saturated rings. The summed E-state index contributed by atoms with van der Waals surface area (Å²) in [5.41, 5.74) is 7.91. The van der Waals surface area contributed by atoms with Crippen LogP contribution in [0, 0.1) is 0 Å². The quantitative estimate of drug-likeness (QED) is 0.715. The molecule has 1 aliphatic rings. The average Bonchev–Trinajstić information content (AvgIpc) is 2.67. The summed E-state index contributed by atoms with van der Waals surface area (Å²) in [5.74, 6) is 0.770. The highest BCUT2D eigenvalue weighted by atomic mass is 16.5. The molecule has 8 nitrogen and oxygen atoms in total. The number of aliphatic hydroxyl groups is 1. The van der Waals surface area contributed by atoms with Crippen molar-refractivity contribution in [2.45, 2.75) is 0 Å². The molecule has 0 spiro atoms. The summed E-state index contributed by atoms with van der Waals surface area (Å²) >= 11 is 0. The summed E-state index contributed by atoms with van der Waals surface area (Å²) in [6.07, 6.45) is 1.60. The van der Waals surface area contributed by atoms with Crippen LogP contribution in [-0.4, -0.2) is 60.4 Å². The van der Waals surface area contributed by atoms with Crippen LogP contribution in [0.5, 0.6) is 0 Å². The molecular weight excluding hydrogens is 322 g/mol. The Kier molecular flexibility index (Phi) is 5.42. The van der Waals surface area contributed by atoms with Gasteiger partial charge in [0, 0.05) is 30.8 Å². The number of ether oxygens (including phenoxy) is 1. The van der Waals surface area contributed by atoms with Gasteiger partial charge in [0.15, 0.2) is 11.6 Å². The topological polar surface area (TPSA) is 114 Å². The minimum Gasteiger partial charge on any atom is -0.395 e. The Morgan fingerprint density at radius 2 is 2.16 bits per heavy atom. The minimum atomic E-state index is -0.243. The maximum atomic E-state index is 12.1. The monoisotopic (exact) mass is 343 g/mol. The summed E-state index contributed by atoms with van der Waals surface area (Å²) in [6.45, 7) is 2.80. The molecule has 0 aliphatic carbocycles. The van der Waals surface area contributed by atoms with Gasteiger partial charge in [0.2, 0.25) is 0 Å². The lowest BCUT2D eigenvalue weighted by atomic mass is 10.1. The van der Waals surface area contributed by atoms with Crippen LogP contribution >= 0.6 is 0 Å². The van der Waals surface area contributed by atoms with Crippen molar-refractivity contribution >= 4 is 17.5 Å². The molecule has 0 unspecified atom stereocenters. The van der Waals surface area contributed by atoms with Crippen molar-refractivity contribution in [3.05, 3.63) is 36.0 Å². The van der Waals surface area contributed by atoms with Gasteiger partial charge in [-0.05, 0) is 12.1 Å². The van der Waals surface area contributed by atoms with Crippen molar-refractivity contribution in [2.24, 2.45) is 0 Å². The molecule has 1 aromatic carbocycles. The fourth-order valence-corrected chi connectivity index (χ4v) is 2.63. The van der Waals surface area contributed by atoms with E-state index < -0.39 is 0 Å². The number of nitrogens with zero attached hydrogens (tertiary/aromatic N) is 3. The van der Waals surface area contributed by atoms with Crippen LogP contribution in [0.15, 0.2) is 30.5 Å². The zero-order valence-electron chi connectivity index (χ0n) is 13.8. The number of anilines is 2. The van der Waals surface area contributed by atoms with Crippen molar-refractivity contribution < 1.29 is 14.6 Å². The second-order valence-electron chi connectivity index (χ2n) is 5.62. The Morgan fingerprint density at radius 1 is 1.36 bits per heavy atom. The number of nitrogen functional groups attached to an aromatic ring is 1. The first-order valence-electron chi connectivity index (χ1n) is 8.14. The molecule has 0 radical (unpaired) electrons. The van der Waals surface area contributed by atoms with Gasteiger partial charge in [0.05, 0.1) is 31.7 Å². The number of hydrogen-bond donors (Lipinski definition) is 3. The summed E-state index contributed by atoms with van der Waals surface area (Å²) in [7, 11) is 0. The number of carbonyl (C=O) groups excluding carboxylic acids is 1. The van der Waals surface area contributed by atoms with E-state index in [1.807, 2.05) is 11.0 Å². The summed E-state index contributed by atoms with van der Waals surface area (Å²) in [5, 5.41) is 11.4. The fraction of sp³-hybridized carbons (Fsp3) is 0.353. The maximum absolute atomic E-state index is 12.1. The third-order valence-electron chi connectivity index (χ3n) is 3.91. The summed E-state index contributed by atoms with van der Waals surface area (Å²) in [4.78, 5) is 23.0. The highest BCUT2D eigenvalue weighted by Crippen LogP contribution is 2.25. The standard InChI is InChI=1S/C17H21N5O3/c18-15-16(22-5-8-25-9-6-22)21-14(11-20-15)12-2-1-3-13(10-12)17(24)19-4-7-23/h1-3,10-11,23H,4-9H2,(H2,18,20)(H,19,24). The molecule has 3 rings (SSSR count). The Hall–Kier alpha value is -2.71. The maximum Gasteiger partial charge on any atom is 0.251 e. The van der Waals surface area contributed by atoms with Crippen LogP contribution in [0.4, 0.5) is 11.6 Å². The predicted molar refractivity (Wildman–Crippen MR) is 94.3 cm³/mol. The predicted octanol–water partition coefficient (Wildman–Crippen LogP) is 0.284. The molecule has 1 aromatic heterocycles. The average molecular weight is 343 g/mol. The van der Waals surface area contributed by atoms with Crippen molar-refractivity contribution in [1.82, 2.24) is 15.3 Å². The first-order chi connectivity index (χ1) is 12.2. The van der Waals surface area contributed by atoms with E-state index in [-0.39, 0.29) is 19.1 Å². The number of nitrogens with two attached hydrogens (primary N) is 1. The van der Waals surface area contributed by atoms with Gasteiger partial charge < -0.3 is 25.8 Å². The van der Waals surface area contributed by atoms with Crippen LogP contribution in [0.25, 0.3) is 11.3 Å². The number of aromatic nitrogens is 2. The van der Waals surface area contributed by atoms with Gasteiger partial charge >= 0.3 is 0 Å². The van der Waals surface area contributed by atoms with Gasteiger partial charge in [-0.2, -0.15) is 0 Å². The lowest BCUT2D eigenvalue weighted by molar-refractivity contribution is 0.0945. The molecule has 0 bridgehead atoms.